The third-order valence-corrected chi connectivity index (χ3v) is 7.94. The largest absolute Gasteiger partial charge is 0.477 e. The van der Waals surface area contributed by atoms with Crippen LogP contribution in [0.2, 0.25) is 0 Å². The molecule has 0 spiro atoms. The number of fused-ring (bicyclic) bond motifs is 2. The highest BCUT2D eigenvalue weighted by Crippen LogP contribution is 2.40. The van der Waals surface area contributed by atoms with E-state index in [4.69, 9.17) is 10.6 Å². The van der Waals surface area contributed by atoms with Crippen molar-refractivity contribution in [3.05, 3.63) is 58.6 Å². The molecule has 0 saturated carbocycles. The maximum atomic E-state index is 13.1. The average molecular weight is 529 g/mol. The van der Waals surface area contributed by atoms with E-state index in [1.807, 2.05) is 46.6 Å². The van der Waals surface area contributed by atoms with Gasteiger partial charge in [0.15, 0.2) is 10.8 Å². The van der Waals surface area contributed by atoms with E-state index in [0.717, 1.165) is 22.5 Å². The molecule has 4 N–H and O–H groups in total. The van der Waals surface area contributed by atoms with Crippen LogP contribution in [0, 0.1) is 6.92 Å². The molecule has 1 saturated heterocycles. The van der Waals surface area contributed by atoms with Crippen LogP contribution in [0.25, 0.3) is 5.65 Å². The van der Waals surface area contributed by atoms with E-state index < -0.39 is 29.2 Å². The van der Waals surface area contributed by atoms with Crippen LogP contribution >= 0.6 is 23.1 Å². The molecule has 2 aliphatic heterocycles. The number of aryl methyl sites for hydroxylation is 1. The molecule has 14 heteroatoms. The predicted molar refractivity (Wildman–Crippen MR) is 132 cm³/mol. The molecule has 5 rings (SSSR count). The summed E-state index contributed by atoms with van der Waals surface area (Å²) in [6, 6.07) is 3.01. The lowest BCUT2D eigenvalue weighted by atomic mass is 10.0. The Kier molecular flexibility index (Phi) is 6.14. The molecule has 5 heterocycles. The van der Waals surface area contributed by atoms with Crippen LogP contribution in [-0.2, 0) is 25.8 Å². The first-order valence-corrected chi connectivity index (χ1v) is 12.7. The number of imidazole rings is 1. The van der Waals surface area contributed by atoms with Crippen molar-refractivity contribution in [2.24, 2.45) is 5.16 Å². The Bertz CT molecular complexity index is 1460. The number of β-lactam (4-membered cyclic amide) rings is 1. The van der Waals surface area contributed by atoms with Crippen molar-refractivity contribution < 1.29 is 28.9 Å². The first kappa shape index (κ1) is 23.8. The summed E-state index contributed by atoms with van der Waals surface area (Å²) < 4.78 is 3.93. The number of nitrogens with one attached hydrogen (secondary N) is 1. The summed E-state index contributed by atoms with van der Waals surface area (Å²) in [5.74, 6) is -1.97. The number of nitrogens with two attached hydrogens (primary N) is 1. The summed E-state index contributed by atoms with van der Waals surface area (Å²) >= 11 is 2.53. The number of rotatable bonds is 7. The summed E-state index contributed by atoms with van der Waals surface area (Å²) in [5, 5.41) is 17.6. The highest BCUT2D eigenvalue weighted by atomic mass is 32.2. The van der Waals surface area contributed by atoms with Gasteiger partial charge in [-0.2, -0.15) is 0 Å². The van der Waals surface area contributed by atoms with Crippen LogP contribution in [0.15, 0.2) is 52.5 Å². The van der Waals surface area contributed by atoms with Crippen molar-refractivity contribution in [2.75, 3.05) is 18.6 Å². The monoisotopic (exact) mass is 528 g/mol. The topological polar surface area (TPSA) is 156 Å². The number of amides is 2. The molecule has 12 nitrogen and oxygen atoms in total. The molecule has 36 heavy (non-hydrogen) atoms. The van der Waals surface area contributed by atoms with Gasteiger partial charge in [-0.05, 0) is 19.1 Å². The van der Waals surface area contributed by atoms with E-state index >= 15 is 0 Å². The molecular formula is C22H22N7O5S2+. The molecule has 2 aliphatic rings. The van der Waals surface area contributed by atoms with Crippen molar-refractivity contribution in [2.45, 2.75) is 24.9 Å². The number of hydrogen-bond acceptors (Lipinski definition) is 9. The van der Waals surface area contributed by atoms with Crippen molar-refractivity contribution in [3.63, 3.8) is 0 Å². The number of carboxylic acids is 1. The maximum absolute atomic E-state index is 13.1. The average Bonchev–Trinajstić information content (AvgIpc) is 3.47. The summed E-state index contributed by atoms with van der Waals surface area (Å²) in [7, 11) is 1.29. The Hall–Kier alpha value is -3.91. The number of nitrogen functional groups attached to an aromatic ring is 1. The van der Waals surface area contributed by atoms with Gasteiger partial charge in [0.25, 0.3) is 17.5 Å². The van der Waals surface area contributed by atoms with Gasteiger partial charge in [0.1, 0.15) is 48.9 Å². The van der Waals surface area contributed by atoms with Gasteiger partial charge in [-0.3, -0.25) is 14.5 Å². The van der Waals surface area contributed by atoms with Crippen molar-refractivity contribution in [1.82, 2.24) is 19.6 Å². The molecule has 0 aliphatic carbocycles. The second kappa shape index (κ2) is 9.28. The Morgan fingerprint density at radius 3 is 2.92 bits per heavy atom. The number of aliphatic carboxylic acids is 1. The summed E-state index contributed by atoms with van der Waals surface area (Å²) in [6.07, 6.45) is 5.70. The molecule has 1 fully saturated rings. The third kappa shape index (κ3) is 3.97. The molecular weight excluding hydrogens is 506 g/mol. The lowest BCUT2D eigenvalue weighted by Gasteiger charge is -2.49. The molecule has 3 aromatic rings. The fraction of sp³-hybridized carbons (Fsp3) is 0.273. The number of anilines is 1. The van der Waals surface area contributed by atoms with Gasteiger partial charge in [-0.25, -0.2) is 18.7 Å². The zero-order valence-corrected chi connectivity index (χ0v) is 20.9. The van der Waals surface area contributed by atoms with Gasteiger partial charge in [-0.15, -0.1) is 23.1 Å². The van der Waals surface area contributed by atoms with E-state index in [1.165, 1.54) is 23.8 Å². The number of hydrogen-bond donors (Lipinski definition) is 3. The highest BCUT2D eigenvalue weighted by Gasteiger charge is 2.54. The molecule has 0 bridgehead atoms. The number of carbonyl (C=O) groups excluding carboxylic acids is 2. The quantitative estimate of drug-likeness (QED) is 0.172. The Labute approximate surface area is 213 Å². The van der Waals surface area contributed by atoms with E-state index in [9.17, 15) is 19.5 Å². The van der Waals surface area contributed by atoms with Gasteiger partial charge in [-0.1, -0.05) is 5.16 Å². The smallest absolute Gasteiger partial charge is 0.352 e. The molecule has 2 atom stereocenters. The summed E-state index contributed by atoms with van der Waals surface area (Å²) in [6.45, 7) is 2.30. The van der Waals surface area contributed by atoms with E-state index in [2.05, 4.69) is 15.5 Å². The normalized spacial score (nSPS) is 19.8. The Morgan fingerprint density at radius 1 is 1.42 bits per heavy atom. The van der Waals surface area contributed by atoms with Crippen LogP contribution in [0.1, 0.15) is 11.3 Å². The number of carboxylic acid groups (broad SMARTS) is 1. The second-order valence-corrected chi connectivity index (χ2v) is 10.2. The van der Waals surface area contributed by atoms with Crippen LogP contribution in [0.4, 0.5) is 5.13 Å². The number of oxime groups is 1. The second-order valence-electron chi connectivity index (χ2n) is 8.16. The fourth-order valence-electron chi connectivity index (χ4n) is 4.39. The zero-order valence-electron chi connectivity index (χ0n) is 19.2. The Balaban J connectivity index is 1.38. The Morgan fingerprint density at radius 2 is 2.22 bits per heavy atom. The van der Waals surface area contributed by atoms with E-state index in [-0.39, 0.29) is 22.2 Å². The fourth-order valence-corrected chi connectivity index (χ4v) is 6.27. The van der Waals surface area contributed by atoms with Gasteiger partial charge in [0.2, 0.25) is 0 Å². The summed E-state index contributed by atoms with van der Waals surface area (Å²) in [5.41, 5.74) is 8.30. The standard InChI is InChI=1S/C22H21N7O5S2/c1-11-4-3-5-27-6-7-28(18(11)27)8-12-9-35-20-15(19(31)29(20)16(12)21(32)33)25-17(30)14(26-34-2)13-10-36-22(23)24-13/h3-7,10,15,20H,8-9H2,1-2H3,(H3-,23,24,25,30,32,33)/p+1/b26-14-/t15-,20+/m1/s1. The minimum Gasteiger partial charge on any atom is -0.477 e. The van der Waals surface area contributed by atoms with Crippen LogP contribution < -0.4 is 15.6 Å². The highest BCUT2D eigenvalue weighted by molar-refractivity contribution is 8.00. The number of thioether (sulfide) groups is 1. The van der Waals surface area contributed by atoms with Gasteiger partial charge >= 0.3 is 5.97 Å². The van der Waals surface area contributed by atoms with Crippen molar-refractivity contribution in [3.8, 4) is 0 Å². The van der Waals surface area contributed by atoms with Crippen molar-refractivity contribution >= 4 is 57.4 Å². The molecule has 186 valence electrons. The molecule has 0 unspecified atom stereocenters. The van der Waals surface area contributed by atoms with Gasteiger partial charge in [0.05, 0.1) is 6.20 Å². The SMILES string of the molecule is CO/N=C(\C(=O)N[C@@H]1C(=O)N2C(C(=O)O)=C(C[n+]3ccn4cccc(C)c43)CS[C@@H]12)c1csc(N)n1. The molecule has 0 radical (unpaired) electrons. The van der Waals surface area contributed by atoms with Crippen LogP contribution in [0.5, 0.6) is 0 Å². The number of pyridine rings is 1. The van der Waals surface area contributed by atoms with Crippen LogP contribution in [0.3, 0.4) is 0 Å². The summed E-state index contributed by atoms with van der Waals surface area (Å²) in [4.78, 5) is 48.3. The van der Waals surface area contributed by atoms with Crippen LogP contribution in [-0.4, -0.2) is 67.2 Å². The number of aromatic nitrogens is 3. The molecule has 2 amide bonds. The minimum atomic E-state index is -1.19. The first-order valence-electron chi connectivity index (χ1n) is 10.8. The molecule has 0 aromatic carbocycles. The number of carbonyl (C=O) groups is 3. The zero-order chi connectivity index (χ0) is 25.6. The van der Waals surface area contributed by atoms with E-state index in [0.29, 0.717) is 17.9 Å². The maximum Gasteiger partial charge on any atom is 0.352 e. The number of thiazole rings is 1. The van der Waals surface area contributed by atoms with Gasteiger partial charge < -0.3 is 21.0 Å². The lowest BCUT2D eigenvalue weighted by Crippen LogP contribution is -2.71. The first-order chi connectivity index (χ1) is 17.3. The lowest BCUT2D eigenvalue weighted by molar-refractivity contribution is -0.662. The number of nitrogens with zero attached hydrogens (tertiary/aromatic N) is 5. The third-order valence-electron chi connectivity index (χ3n) is 5.93. The van der Waals surface area contributed by atoms with E-state index in [1.54, 1.807) is 5.38 Å². The molecule has 3 aromatic heterocycles. The predicted octanol–water partition coefficient (Wildman–Crippen LogP) is 0.363. The minimum absolute atomic E-state index is 0.0484. The van der Waals surface area contributed by atoms with Gasteiger partial charge in [0, 0.05) is 22.3 Å². The van der Waals surface area contributed by atoms with Crippen molar-refractivity contribution in [1.29, 1.82) is 0 Å².